The van der Waals surface area contributed by atoms with Crippen molar-refractivity contribution in [3.8, 4) is 11.8 Å². The third-order valence-electron chi connectivity index (χ3n) is 3.90. The number of carbonyl (C=O) groups is 1. The monoisotopic (exact) mass is 401 g/mol. The van der Waals surface area contributed by atoms with Gasteiger partial charge in [-0.1, -0.05) is 54.5 Å². The van der Waals surface area contributed by atoms with Crippen LogP contribution in [-0.2, 0) is 11.2 Å². The van der Waals surface area contributed by atoms with Crippen LogP contribution in [0.4, 0.5) is 13.6 Å². The molecule has 1 amide bonds. The van der Waals surface area contributed by atoms with Crippen LogP contribution in [0, 0.1) is 11.8 Å². The number of carbonyl (C=O) groups excluding carboxylic acids is 1. The van der Waals surface area contributed by atoms with Crippen LogP contribution in [0.3, 0.4) is 0 Å². The lowest BCUT2D eigenvalue weighted by Gasteiger charge is -2.29. The Kier molecular flexibility index (Phi) is 7.35. The van der Waals surface area contributed by atoms with Gasteiger partial charge >= 0.3 is 12.0 Å². The molecule has 2 aromatic rings. The molecule has 0 unspecified atom stereocenters. The second-order valence-electron chi connectivity index (χ2n) is 7.63. The lowest BCUT2D eigenvalue weighted by molar-refractivity contribution is -0.0784. The maximum absolute atomic E-state index is 14.6. The van der Waals surface area contributed by atoms with Gasteiger partial charge in [0.2, 0.25) is 0 Å². The Morgan fingerprint density at radius 3 is 2.17 bits per heavy atom. The van der Waals surface area contributed by atoms with Gasteiger partial charge in [0.25, 0.3) is 0 Å². The SMILES string of the molecule is CC(C)(C)OC(=O)N[C@@H](Cc1ccccc1)[C@@H](O)C(F)(F)C#Cc1ccccc1. The molecule has 0 fully saturated rings. The first-order chi connectivity index (χ1) is 13.6. The summed E-state index contributed by atoms with van der Waals surface area (Å²) in [5.74, 6) is 0.464. The summed E-state index contributed by atoms with van der Waals surface area (Å²) in [5, 5.41) is 12.8. The average Bonchev–Trinajstić information content (AvgIpc) is 2.65. The summed E-state index contributed by atoms with van der Waals surface area (Å²) in [7, 11) is 0. The van der Waals surface area contributed by atoms with Crippen molar-refractivity contribution < 1.29 is 23.4 Å². The molecule has 6 heteroatoms. The van der Waals surface area contributed by atoms with Crippen LogP contribution < -0.4 is 5.32 Å². The average molecular weight is 401 g/mol. The molecule has 4 nitrogen and oxygen atoms in total. The Morgan fingerprint density at radius 1 is 1.07 bits per heavy atom. The summed E-state index contributed by atoms with van der Waals surface area (Å²) in [6.07, 6.45) is -3.13. The summed E-state index contributed by atoms with van der Waals surface area (Å²) in [6, 6.07) is 15.7. The maximum atomic E-state index is 14.6. The maximum Gasteiger partial charge on any atom is 0.407 e. The number of nitrogens with one attached hydrogen (secondary N) is 1. The second kappa shape index (κ2) is 9.53. The molecule has 0 heterocycles. The molecule has 0 saturated carbocycles. The lowest BCUT2D eigenvalue weighted by atomic mass is 9.97. The van der Waals surface area contributed by atoms with E-state index in [9.17, 15) is 18.7 Å². The number of ether oxygens (including phenoxy) is 1. The topological polar surface area (TPSA) is 58.6 Å². The molecule has 0 bridgehead atoms. The second-order valence-corrected chi connectivity index (χ2v) is 7.63. The molecule has 2 rings (SSSR count). The minimum absolute atomic E-state index is 0.0101. The Labute approximate surface area is 169 Å². The van der Waals surface area contributed by atoms with Crippen molar-refractivity contribution >= 4 is 6.09 Å². The predicted octanol–water partition coefficient (Wildman–Crippen LogP) is 4.17. The van der Waals surface area contributed by atoms with E-state index in [4.69, 9.17) is 4.74 Å². The molecule has 154 valence electrons. The third kappa shape index (κ3) is 7.55. The summed E-state index contributed by atoms with van der Waals surface area (Å²) < 4.78 is 34.4. The van der Waals surface area contributed by atoms with E-state index in [0.29, 0.717) is 11.1 Å². The van der Waals surface area contributed by atoms with Crippen LogP contribution in [0.2, 0.25) is 0 Å². The number of rotatable bonds is 5. The van der Waals surface area contributed by atoms with Gasteiger partial charge in [-0.3, -0.25) is 0 Å². The lowest BCUT2D eigenvalue weighted by Crippen LogP contribution is -2.53. The van der Waals surface area contributed by atoms with E-state index in [1.165, 1.54) is 0 Å². The number of alkyl carbamates (subject to hydrolysis) is 1. The van der Waals surface area contributed by atoms with Crippen molar-refractivity contribution in [2.75, 3.05) is 0 Å². The van der Waals surface area contributed by atoms with Crippen LogP contribution in [0.15, 0.2) is 60.7 Å². The molecule has 0 aliphatic carbocycles. The first kappa shape index (κ1) is 22.4. The number of benzene rings is 2. The first-order valence-corrected chi connectivity index (χ1v) is 9.24. The number of aliphatic hydroxyl groups excluding tert-OH is 1. The van der Waals surface area contributed by atoms with Crippen molar-refractivity contribution in [2.24, 2.45) is 0 Å². The van der Waals surface area contributed by atoms with Crippen molar-refractivity contribution in [3.05, 3.63) is 71.8 Å². The summed E-state index contributed by atoms with van der Waals surface area (Å²) >= 11 is 0. The van der Waals surface area contributed by atoms with Crippen molar-refractivity contribution in [1.29, 1.82) is 0 Å². The number of aliphatic hydroxyl groups is 1. The zero-order valence-electron chi connectivity index (χ0n) is 16.7. The van der Waals surface area contributed by atoms with Crippen LogP contribution >= 0.6 is 0 Å². The van der Waals surface area contributed by atoms with Gasteiger partial charge in [0.05, 0.1) is 6.04 Å². The van der Waals surface area contributed by atoms with E-state index in [1.807, 2.05) is 5.92 Å². The van der Waals surface area contributed by atoms with Crippen molar-refractivity contribution in [2.45, 2.75) is 50.9 Å². The fraction of sp³-hybridized carbons (Fsp3) is 0.348. The summed E-state index contributed by atoms with van der Waals surface area (Å²) in [5.41, 5.74) is 0.278. The van der Waals surface area contributed by atoms with Gasteiger partial charge in [-0.15, -0.1) is 0 Å². The molecule has 0 aromatic heterocycles. The number of halogens is 2. The van der Waals surface area contributed by atoms with E-state index in [0.717, 1.165) is 0 Å². The standard InChI is InChI=1S/C23H25F2NO3/c1-22(2,3)29-21(28)26-19(16-18-12-8-5-9-13-18)20(27)23(24,25)15-14-17-10-6-4-7-11-17/h4-13,19-20,27H,16H2,1-3H3,(H,26,28)/t19-,20+/m0/s1. The Balaban J connectivity index is 2.23. The largest absolute Gasteiger partial charge is 0.444 e. The highest BCUT2D eigenvalue weighted by molar-refractivity contribution is 5.68. The highest BCUT2D eigenvalue weighted by Gasteiger charge is 2.43. The van der Waals surface area contributed by atoms with Crippen molar-refractivity contribution in [3.63, 3.8) is 0 Å². The number of hydrogen-bond acceptors (Lipinski definition) is 3. The fourth-order valence-corrected chi connectivity index (χ4v) is 2.57. The van der Waals surface area contributed by atoms with Gasteiger partial charge in [-0.2, -0.15) is 8.78 Å². The molecule has 29 heavy (non-hydrogen) atoms. The van der Waals surface area contributed by atoms with E-state index in [2.05, 4.69) is 11.2 Å². The van der Waals surface area contributed by atoms with Crippen LogP contribution in [0.25, 0.3) is 0 Å². The zero-order chi connectivity index (χ0) is 21.5. The Bertz CT molecular complexity index is 852. The van der Waals surface area contributed by atoms with Gasteiger partial charge in [0.15, 0.2) is 0 Å². The quantitative estimate of drug-likeness (QED) is 0.740. The van der Waals surface area contributed by atoms with E-state index >= 15 is 0 Å². The highest BCUT2D eigenvalue weighted by atomic mass is 19.3. The van der Waals surface area contributed by atoms with Gasteiger partial charge in [0.1, 0.15) is 11.7 Å². The van der Waals surface area contributed by atoms with E-state index < -0.39 is 29.8 Å². The Hall–Kier alpha value is -2.91. The number of alkyl halides is 2. The van der Waals surface area contributed by atoms with E-state index in [1.54, 1.807) is 81.4 Å². The summed E-state index contributed by atoms with van der Waals surface area (Å²) in [6.45, 7) is 4.99. The normalized spacial score (nSPS) is 13.6. The zero-order valence-corrected chi connectivity index (χ0v) is 16.7. The fourth-order valence-electron chi connectivity index (χ4n) is 2.57. The molecule has 0 aliphatic heterocycles. The molecular formula is C23H25F2NO3. The van der Waals surface area contributed by atoms with Gasteiger partial charge in [-0.05, 0) is 50.8 Å². The highest BCUT2D eigenvalue weighted by Crippen LogP contribution is 2.23. The molecule has 0 saturated heterocycles. The molecule has 2 aromatic carbocycles. The number of amides is 1. The minimum Gasteiger partial charge on any atom is -0.444 e. The van der Waals surface area contributed by atoms with Crippen LogP contribution in [0.1, 0.15) is 31.9 Å². The third-order valence-corrected chi connectivity index (χ3v) is 3.90. The van der Waals surface area contributed by atoms with Crippen molar-refractivity contribution in [1.82, 2.24) is 5.32 Å². The van der Waals surface area contributed by atoms with Crippen LogP contribution in [-0.4, -0.2) is 34.9 Å². The molecule has 0 radical (unpaired) electrons. The van der Waals surface area contributed by atoms with Gasteiger partial charge < -0.3 is 15.2 Å². The molecule has 2 atom stereocenters. The number of hydrogen-bond donors (Lipinski definition) is 2. The first-order valence-electron chi connectivity index (χ1n) is 9.24. The van der Waals surface area contributed by atoms with Gasteiger partial charge in [-0.25, -0.2) is 4.79 Å². The summed E-state index contributed by atoms with van der Waals surface area (Å²) in [4.78, 5) is 12.1. The van der Waals surface area contributed by atoms with Gasteiger partial charge in [0, 0.05) is 5.56 Å². The minimum atomic E-state index is -3.75. The smallest absolute Gasteiger partial charge is 0.407 e. The predicted molar refractivity (Wildman–Crippen MR) is 108 cm³/mol. The Morgan fingerprint density at radius 2 is 1.62 bits per heavy atom. The van der Waals surface area contributed by atoms with Crippen LogP contribution in [0.5, 0.6) is 0 Å². The molecule has 2 N–H and O–H groups in total. The van der Waals surface area contributed by atoms with E-state index in [-0.39, 0.29) is 6.42 Å². The molecular weight excluding hydrogens is 376 g/mol. The molecule has 0 spiro atoms. The molecule has 0 aliphatic rings.